The van der Waals surface area contributed by atoms with Gasteiger partial charge in [0.1, 0.15) is 17.9 Å². The third kappa shape index (κ3) is 7.36. The molecule has 3 amide bonds. The summed E-state index contributed by atoms with van der Waals surface area (Å²) in [4.78, 5) is 58.4. The topological polar surface area (TPSA) is 145 Å². The molecule has 4 heterocycles. The molecular weight excluding hydrogens is 562 g/mol. The average molecular weight is 606 g/mol. The van der Waals surface area contributed by atoms with Crippen LogP contribution < -0.4 is 26.5 Å². The average Bonchev–Trinajstić information content (AvgIpc) is 3.02. The van der Waals surface area contributed by atoms with E-state index in [9.17, 15) is 19.2 Å². The Labute approximate surface area is 257 Å². The fourth-order valence-electron chi connectivity index (χ4n) is 5.74. The van der Waals surface area contributed by atoms with Crippen molar-refractivity contribution in [1.29, 1.82) is 0 Å². The zero-order chi connectivity index (χ0) is 31.4. The first-order valence-electron chi connectivity index (χ1n) is 15.4. The lowest BCUT2D eigenvalue weighted by Gasteiger charge is -2.35. The van der Waals surface area contributed by atoms with E-state index in [2.05, 4.69) is 21.5 Å². The van der Waals surface area contributed by atoms with Crippen molar-refractivity contribution in [3.63, 3.8) is 0 Å². The molecule has 44 heavy (non-hydrogen) atoms. The van der Waals surface area contributed by atoms with Crippen molar-refractivity contribution in [1.82, 2.24) is 31.5 Å². The Morgan fingerprint density at radius 2 is 1.84 bits per heavy atom. The lowest BCUT2D eigenvalue weighted by atomic mass is 9.91. The Bertz CT molecular complexity index is 1440. The molecule has 3 aliphatic heterocycles. The third-order valence-electron chi connectivity index (χ3n) is 8.53. The highest BCUT2D eigenvalue weighted by Gasteiger charge is 2.36. The highest BCUT2D eigenvalue weighted by Crippen LogP contribution is 2.26. The minimum absolute atomic E-state index is 0.155. The van der Waals surface area contributed by atoms with E-state index in [4.69, 9.17) is 9.72 Å². The molecule has 1 unspecified atom stereocenters. The second-order valence-electron chi connectivity index (χ2n) is 12.6. The maximum atomic E-state index is 13.6. The van der Waals surface area contributed by atoms with Crippen LogP contribution in [0.4, 0.5) is 5.82 Å². The summed E-state index contributed by atoms with van der Waals surface area (Å²) in [5, 5.41) is 9.98. The van der Waals surface area contributed by atoms with Gasteiger partial charge in [0, 0.05) is 19.0 Å². The van der Waals surface area contributed by atoms with Gasteiger partial charge < -0.3 is 15.4 Å². The normalized spacial score (nSPS) is 27.8. The van der Waals surface area contributed by atoms with Crippen molar-refractivity contribution < 1.29 is 23.9 Å². The van der Waals surface area contributed by atoms with E-state index in [0.717, 1.165) is 42.4 Å². The van der Waals surface area contributed by atoms with Crippen LogP contribution in [-0.4, -0.2) is 78.6 Å². The van der Waals surface area contributed by atoms with Crippen molar-refractivity contribution in [3.05, 3.63) is 42.0 Å². The van der Waals surface area contributed by atoms with E-state index in [-0.39, 0.29) is 17.7 Å². The van der Waals surface area contributed by atoms with E-state index in [0.29, 0.717) is 31.6 Å². The summed E-state index contributed by atoms with van der Waals surface area (Å²) in [6.45, 7) is 7.13. The van der Waals surface area contributed by atoms with Crippen molar-refractivity contribution in [2.45, 2.75) is 71.1 Å². The van der Waals surface area contributed by atoms with Gasteiger partial charge in [0.15, 0.2) is 6.10 Å². The first kappa shape index (κ1) is 31.4. The SMILES string of the molecule is C[C@@H]1NC(=O)[C@@H](CC2CCCNC2)OC(=O)C(C)(C)/C=C/c2ccc3ccc(nc3c2)N(C)NC(=O)[C@@H]2CCCN(N2)C1=O. The smallest absolute Gasteiger partial charge is 0.316 e. The molecule has 4 atom stereocenters. The molecule has 3 aliphatic rings. The molecule has 12 heteroatoms. The Morgan fingerprint density at radius 3 is 2.61 bits per heavy atom. The molecule has 236 valence electrons. The highest BCUT2D eigenvalue weighted by atomic mass is 16.5. The number of benzene rings is 1. The molecular formula is C32H43N7O5. The van der Waals surface area contributed by atoms with Gasteiger partial charge in [-0.15, -0.1) is 0 Å². The molecule has 2 aromatic rings. The predicted molar refractivity (Wildman–Crippen MR) is 167 cm³/mol. The van der Waals surface area contributed by atoms with Gasteiger partial charge in [0.25, 0.3) is 17.7 Å². The van der Waals surface area contributed by atoms with Crippen molar-refractivity contribution in [3.8, 4) is 0 Å². The number of hydrogen-bond donors (Lipinski definition) is 4. The van der Waals surface area contributed by atoms with E-state index in [1.54, 1.807) is 38.9 Å². The summed E-state index contributed by atoms with van der Waals surface area (Å²) in [6, 6.07) is 7.98. The minimum Gasteiger partial charge on any atom is -0.452 e. The molecule has 12 nitrogen and oxygen atoms in total. The van der Waals surface area contributed by atoms with Crippen LogP contribution in [-0.2, 0) is 23.9 Å². The van der Waals surface area contributed by atoms with Crippen molar-refractivity contribution in [2.75, 3.05) is 31.7 Å². The number of hydrogen-bond acceptors (Lipinski definition) is 9. The number of nitrogens with zero attached hydrogens (tertiary/aromatic N) is 3. The van der Waals surface area contributed by atoms with Gasteiger partial charge in [-0.25, -0.2) is 10.4 Å². The molecule has 1 aromatic carbocycles. The molecule has 1 aromatic heterocycles. The van der Waals surface area contributed by atoms with Gasteiger partial charge in [-0.05, 0) is 95.6 Å². The first-order valence-corrected chi connectivity index (χ1v) is 15.4. The Kier molecular flexibility index (Phi) is 9.50. The fraction of sp³-hybridized carbons (Fsp3) is 0.531. The van der Waals surface area contributed by atoms with Crippen molar-refractivity contribution >= 4 is 46.5 Å². The maximum Gasteiger partial charge on any atom is 0.316 e. The van der Waals surface area contributed by atoms with E-state index in [1.165, 1.54) is 5.01 Å². The number of hydrazine groups is 2. The second kappa shape index (κ2) is 13.3. The summed E-state index contributed by atoms with van der Waals surface area (Å²) < 4.78 is 5.91. The molecule has 0 aliphatic carbocycles. The third-order valence-corrected chi connectivity index (χ3v) is 8.53. The van der Waals surface area contributed by atoms with Gasteiger partial charge in [-0.2, -0.15) is 0 Å². The number of cyclic esters (lactones) is 1. The van der Waals surface area contributed by atoms with Crippen LogP contribution >= 0.6 is 0 Å². The lowest BCUT2D eigenvalue weighted by Crippen LogP contribution is -2.62. The number of ether oxygens (including phenoxy) is 1. The number of aromatic nitrogens is 1. The monoisotopic (exact) mass is 605 g/mol. The summed E-state index contributed by atoms with van der Waals surface area (Å²) in [5.41, 5.74) is 6.41. The van der Waals surface area contributed by atoms with Gasteiger partial charge in [0.2, 0.25) is 0 Å². The predicted octanol–water partition coefficient (Wildman–Crippen LogP) is 2.06. The quantitative estimate of drug-likeness (QED) is 0.378. The number of carbonyl (C=O) groups is 4. The Hall–Kier alpha value is -4.03. The molecule has 0 spiro atoms. The number of esters is 1. The summed E-state index contributed by atoms with van der Waals surface area (Å²) in [6.07, 6.45) is 5.92. The van der Waals surface area contributed by atoms with Crippen LogP contribution in [0, 0.1) is 11.3 Å². The van der Waals surface area contributed by atoms with Crippen LogP contribution in [0.15, 0.2) is 36.4 Å². The largest absolute Gasteiger partial charge is 0.452 e. The van der Waals surface area contributed by atoms with Crippen LogP contribution in [0.5, 0.6) is 0 Å². The van der Waals surface area contributed by atoms with Crippen LogP contribution in [0.25, 0.3) is 17.0 Å². The standard InChI is InChI=1S/C32H43N7O5/c1-20-30(42)39-16-6-8-24(36-39)28(40)37-38(4)27-12-11-23-10-9-21(17-25(23)35-27)13-14-32(2,3)31(43)44-26(29(41)34-20)18-22-7-5-15-33-19-22/h9-14,17,20,22,24,26,33,36H,5-8,15-16,18-19H2,1-4H3,(H,34,41)(H,37,40)/b14-13+/t20-,22?,24-,26+/m0/s1. The fourth-order valence-corrected chi connectivity index (χ4v) is 5.74. The number of anilines is 1. The van der Waals surface area contributed by atoms with Gasteiger partial charge >= 0.3 is 5.97 Å². The summed E-state index contributed by atoms with van der Waals surface area (Å²) >= 11 is 0. The van der Waals surface area contributed by atoms with E-state index in [1.807, 2.05) is 36.4 Å². The van der Waals surface area contributed by atoms with Crippen LogP contribution in [0.2, 0.25) is 0 Å². The summed E-state index contributed by atoms with van der Waals surface area (Å²) in [5.74, 6) is -1.03. The van der Waals surface area contributed by atoms with Gasteiger partial charge in [0.05, 0.1) is 10.9 Å². The molecule has 2 fully saturated rings. The number of amides is 3. The van der Waals surface area contributed by atoms with Crippen molar-refractivity contribution in [2.24, 2.45) is 11.3 Å². The Morgan fingerprint density at radius 1 is 1.05 bits per heavy atom. The van der Waals surface area contributed by atoms with E-state index >= 15 is 0 Å². The van der Waals surface area contributed by atoms with Gasteiger partial charge in [-0.3, -0.25) is 34.6 Å². The molecule has 4 N–H and O–H groups in total. The number of carbonyl (C=O) groups excluding carboxylic acids is 4. The van der Waals surface area contributed by atoms with E-state index < -0.39 is 35.5 Å². The number of piperidine rings is 1. The minimum atomic E-state index is -1.06. The van der Waals surface area contributed by atoms with Crippen LogP contribution in [0.3, 0.4) is 0 Å². The second-order valence-corrected chi connectivity index (χ2v) is 12.6. The number of fused-ring (bicyclic) bond motifs is 4. The molecule has 5 bridgehead atoms. The number of pyridine rings is 1. The van der Waals surface area contributed by atoms with Crippen LogP contribution in [0.1, 0.15) is 58.4 Å². The number of nitrogens with one attached hydrogen (secondary N) is 4. The number of rotatable bonds is 2. The highest BCUT2D eigenvalue weighted by molar-refractivity contribution is 5.91. The summed E-state index contributed by atoms with van der Waals surface area (Å²) in [7, 11) is 1.71. The maximum absolute atomic E-state index is 13.6. The zero-order valence-electron chi connectivity index (χ0n) is 25.9. The molecule has 5 rings (SSSR count). The zero-order valence-corrected chi connectivity index (χ0v) is 25.9. The Balaban J connectivity index is 1.47. The first-order chi connectivity index (χ1) is 21.0. The molecule has 2 saturated heterocycles. The molecule has 0 saturated carbocycles. The lowest BCUT2D eigenvalue weighted by molar-refractivity contribution is -0.163. The molecule has 0 radical (unpaired) electrons. The van der Waals surface area contributed by atoms with Gasteiger partial charge in [-0.1, -0.05) is 24.3 Å².